The molecule has 2 bridgehead atoms. The van der Waals surface area contributed by atoms with E-state index in [2.05, 4.69) is 0 Å². The third kappa shape index (κ3) is 1.26. The number of hydrogen-bond acceptors (Lipinski definition) is 2. The maximum Gasteiger partial charge on any atom is -0.00433 e. The fourth-order valence-corrected chi connectivity index (χ4v) is 2.45. The molecule has 0 heterocycles. The standard InChI is InChI=1S/C7H14N2.2ClH/c8-2-6-4-1-5(6)7(4)3-9;;/h4-7H,1-3,8-9H2;2*1H. The second-order valence-corrected chi connectivity index (χ2v) is 3.36. The van der Waals surface area contributed by atoms with E-state index in [1.807, 2.05) is 0 Å². The van der Waals surface area contributed by atoms with Crippen molar-refractivity contribution in [3.05, 3.63) is 0 Å². The van der Waals surface area contributed by atoms with E-state index in [1.165, 1.54) is 6.42 Å². The Labute approximate surface area is 79.9 Å². The predicted molar refractivity (Wildman–Crippen MR) is 51.2 cm³/mol. The van der Waals surface area contributed by atoms with Gasteiger partial charge < -0.3 is 11.5 Å². The summed E-state index contributed by atoms with van der Waals surface area (Å²) in [5.41, 5.74) is 11.1. The Morgan fingerprint density at radius 1 is 0.909 bits per heavy atom. The summed E-state index contributed by atoms with van der Waals surface area (Å²) in [7, 11) is 0. The zero-order chi connectivity index (χ0) is 6.43. The summed E-state index contributed by atoms with van der Waals surface area (Å²) < 4.78 is 0. The van der Waals surface area contributed by atoms with E-state index in [-0.39, 0.29) is 24.8 Å². The van der Waals surface area contributed by atoms with Crippen molar-refractivity contribution in [2.75, 3.05) is 13.1 Å². The molecule has 3 fully saturated rings. The molecule has 0 amide bonds. The molecular weight excluding hydrogens is 183 g/mol. The lowest BCUT2D eigenvalue weighted by Crippen LogP contribution is -2.64. The van der Waals surface area contributed by atoms with Crippen LogP contribution in [0.3, 0.4) is 0 Å². The largest absolute Gasteiger partial charge is 0.330 e. The summed E-state index contributed by atoms with van der Waals surface area (Å²) in [6.45, 7) is 1.79. The zero-order valence-corrected chi connectivity index (χ0v) is 8.03. The van der Waals surface area contributed by atoms with Crippen molar-refractivity contribution in [2.24, 2.45) is 35.1 Å². The van der Waals surface area contributed by atoms with Crippen LogP contribution in [0.2, 0.25) is 0 Å². The minimum atomic E-state index is 0. The Kier molecular flexibility index (Phi) is 4.12. The van der Waals surface area contributed by atoms with Crippen LogP contribution in [0.1, 0.15) is 6.42 Å². The van der Waals surface area contributed by atoms with Gasteiger partial charge in [-0.3, -0.25) is 0 Å². The molecule has 3 aliphatic carbocycles. The van der Waals surface area contributed by atoms with Crippen molar-refractivity contribution in [3.63, 3.8) is 0 Å². The van der Waals surface area contributed by atoms with Crippen molar-refractivity contribution in [3.8, 4) is 0 Å². The fourth-order valence-electron chi connectivity index (χ4n) is 2.45. The van der Waals surface area contributed by atoms with E-state index in [1.54, 1.807) is 0 Å². The van der Waals surface area contributed by atoms with Crippen molar-refractivity contribution in [1.82, 2.24) is 0 Å². The second kappa shape index (κ2) is 3.94. The highest BCUT2D eigenvalue weighted by Crippen LogP contribution is 2.62. The highest BCUT2D eigenvalue weighted by molar-refractivity contribution is 5.85. The van der Waals surface area contributed by atoms with Crippen LogP contribution < -0.4 is 11.5 Å². The first-order valence-electron chi connectivity index (χ1n) is 3.78. The molecule has 11 heavy (non-hydrogen) atoms. The van der Waals surface area contributed by atoms with Crippen LogP contribution in [-0.2, 0) is 0 Å². The molecule has 0 radical (unpaired) electrons. The first-order valence-corrected chi connectivity index (χ1v) is 3.78. The fraction of sp³-hybridized carbons (Fsp3) is 1.00. The summed E-state index contributed by atoms with van der Waals surface area (Å²) in [4.78, 5) is 0. The summed E-state index contributed by atoms with van der Waals surface area (Å²) in [6, 6.07) is 0. The zero-order valence-electron chi connectivity index (χ0n) is 6.40. The van der Waals surface area contributed by atoms with Crippen LogP contribution in [0, 0.1) is 23.7 Å². The van der Waals surface area contributed by atoms with Gasteiger partial charge >= 0.3 is 0 Å². The molecule has 0 aromatic rings. The van der Waals surface area contributed by atoms with Gasteiger partial charge in [-0.2, -0.15) is 0 Å². The maximum absolute atomic E-state index is 5.53. The molecule has 0 spiro atoms. The third-order valence-corrected chi connectivity index (χ3v) is 3.29. The first-order chi connectivity index (χ1) is 4.38. The Morgan fingerprint density at radius 2 is 1.27 bits per heavy atom. The van der Waals surface area contributed by atoms with Gasteiger partial charge in [0.15, 0.2) is 0 Å². The van der Waals surface area contributed by atoms with E-state index in [0.29, 0.717) is 0 Å². The molecule has 0 unspecified atom stereocenters. The van der Waals surface area contributed by atoms with Crippen molar-refractivity contribution in [2.45, 2.75) is 6.42 Å². The van der Waals surface area contributed by atoms with Crippen LogP contribution in [0.15, 0.2) is 0 Å². The van der Waals surface area contributed by atoms with E-state index in [4.69, 9.17) is 11.5 Å². The van der Waals surface area contributed by atoms with Crippen LogP contribution in [0.5, 0.6) is 0 Å². The van der Waals surface area contributed by atoms with E-state index < -0.39 is 0 Å². The summed E-state index contributed by atoms with van der Waals surface area (Å²) >= 11 is 0. The van der Waals surface area contributed by atoms with Gasteiger partial charge in [0, 0.05) is 0 Å². The number of hydrogen-bond donors (Lipinski definition) is 2. The van der Waals surface area contributed by atoms with Gasteiger partial charge in [-0.1, -0.05) is 0 Å². The number of halogens is 2. The molecule has 3 rings (SSSR count). The van der Waals surface area contributed by atoms with Gasteiger partial charge in [-0.05, 0) is 43.2 Å². The Balaban J connectivity index is 0.000000500. The quantitative estimate of drug-likeness (QED) is 0.685. The first kappa shape index (κ1) is 11.5. The molecule has 3 saturated carbocycles. The molecule has 0 aromatic carbocycles. The highest BCUT2D eigenvalue weighted by Gasteiger charge is 2.59. The van der Waals surface area contributed by atoms with Crippen molar-refractivity contribution in [1.29, 1.82) is 0 Å². The molecule has 0 aliphatic heterocycles. The average molecular weight is 199 g/mol. The van der Waals surface area contributed by atoms with Crippen LogP contribution in [0.4, 0.5) is 0 Å². The minimum absolute atomic E-state index is 0. The molecule has 0 atom stereocenters. The summed E-state index contributed by atoms with van der Waals surface area (Å²) in [5.74, 6) is 3.56. The second-order valence-electron chi connectivity index (χ2n) is 3.36. The SMILES string of the molecule is Cl.Cl.NCC1C2CC1C2CN. The lowest BCUT2D eigenvalue weighted by Gasteiger charge is -2.64. The van der Waals surface area contributed by atoms with Gasteiger partial charge in [-0.15, -0.1) is 24.8 Å². The van der Waals surface area contributed by atoms with Crippen LogP contribution in [0.25, 0.3) is 0 Å². The summed E-state index contributed by atoms with van der Waals surface area (Å²) in [5, 5.41) is 0. The molecule has 4 N–H and O–H groups in total. The Bertz CT molecular complexity index is 110. The Hall–Kier alpha value is 0.500. The lowest BCUT2D eigenvalue weighted by atomic mass is 9.41. The molecule has 0 saturated heterocycles. The molecule has 68 valence electrons. The molecule has 4 heteroatoms. The topological polar surface area (TPSA) is 52.0 Å². The van der Waals surface area contributed by atoms with Crippen molar-refractivity contribution >= 4 is 24.8 Å². The van der Waals surface area contributed by atoms with Crippen molar-refractivity contribution < 1.29 is 0 Å². The normalized spacial score (nSPS) is 44.2. The predicted octanol–water partition coefficient (Wildman–Crippen LogP) is 0.630. The van der Waals surface area contributed by atoms with E-state index in [9.17, 15) is 0 Å². The monoisotopic (exact) mass is 198 g/mol. The van der Waals surface area contributed by atoms with Crippen LogP contribution >= 0.6 is 24.8 Å². The van der Waals surface area contributed by atoms with Gasteiger partial charge in [0.2, 0.25) is 0 Å². The van der Waals surface area contributed by atoms with Crippen LogP contribution in [-0.4, -0.2) is 13.1 Å². The van der Waals surface area contributed by atoms with E-state index >= 15 is 0 Å². The highest BCUT2D eigenvalue weighted by atomic mass is 35.5. The van der Waals surface area contributed by atoms with Gasteiger partial charge in [0.1, 0.15) is 0 Å². The van der Waals surface area contributed by atoms with Gasteiger partial charge in [0.05, 0.1) is 0 Å². The minimum Gasteiger partial charge on any atom is -0.330 e. The molecule has 2 nitrogen and oxygen atoms in total. The molecular formula is C7H16Cl2N2. The number of rotatable bonds is 2. The average Bonchev–Trinajstić information content (AvgIpc) is 1.61. The third-order valence-electron chi connectivity index (χ3n) is 3.29. The maximum atomic E-state index is 5.53. The molecule has 3 aliphatic rings. The van der Waals surface area contributed by atoms with E-state index in [0.717, 1.165) is 36.8 Å². The molecule has 0 aromatic heterocycles. The van der Waals surface area contributed by atoms with Gasteiger partial charge in [-0.25, -0.2) is 0 Å². The Morgan fingerprint density at radius 3 is 1.45 bits per heavy atom. The van der Waals surface area contributed by atoms with Gasteiger partial charge in [0.25, 0.3) is 0 Å². The summed E-state index contributed by atoms with van der Waals surface area (Å²) in [6.07, 6.45) is 1.42. The number of nitrogens with two attached hydrogens (primary N) is 2. The lowest BCUT2D eigenvalue weighted by molar-refractivity contribution is -0.150. The smallest absolute Gasteiger partial charge is 0.00433 e.